The van der Waals surface area contributed by atoms with Crippen molar-refractivity contribution in [2.75, 3.05) is 0 Å². The van der Waals surface area contributed by atoms with E-state index in [1.807, 2.05) is 6.92 Å². The van der Waals surface area contributed by atoms with Crippen LogP contribution in [0, 0.1) is 11.3 Å². The van der Waals surface area contributed by atoms with Crippen molar-refractivity contribution in [3.05, 3.63) is 0 Å². The number of hydrogen-bond donors (Lipinski definition) is 2. The van der Waals surface area contributed by atoms with Gasteiger partial charge >= 0.3 is 10.3 Å². The van der Waals surface area contributed by atoms with Crippen LogP contribution in [0.15, 0.2) is 0 Å². The SMILES string of the molecule is CC(NS(=O)(=O)O)C12CCC(CC1)C2. The van der Waals surface area contributed by atoms with Crippen molar-refractivity contribution in [3.8, 4) is 0 Å². The van der Waals surface area contributed by atoms with E-state index in [1.54, 1.807) is 0 Å². The average molecular weight is 219 g/mol. The third-order valence-electron chi connectivity index (χ3n) is 4.04. The van der Waals surface area contributed by atoms with Gasteiger partial charge in [0.15, 0.2) is 0 Å². The molecule has 0 radical (unpaired) electrons. The van der Waals surface area contributed by atoms with E-state index in [0.29, 0.717) is 0 Å². The van der Waals surface area contributed by atoms with Crippen LogP contribution in [0.3, 0.4) is 0 Å². The Morgan fingerprint density at radius 3 is 2.36 bits per heavy atom. The molecule has 1 unspecified atom stereocenters. The molecule has 0 aromatic heterocycles. The van der Waals surface area contributed by atoms with Crippen LogP contribution in [0.4, 0.5) is 0 Å². The van der Waals surface area contributed by atoms with E-state index in [0.717, 1.165) is 25.2 Å². The van der Waals surface area contributed by atoms with Crippen molar-refractivity contribution in [3.63, 3.8) is 0 Å². The van der Waals surface area contributed by atoms with Gasteiger partial charge in [-0.2, -0.15) is 13.1 Å². The van der Waals surface area contributed by atoms with Crippen LogP contribution in [0.5, 0.6) is 0 Å². The van der Waals surface area contributed by atoms with E-state index in [-0.39, 0.29) is 11.5 Å². The summed E-state index contributed by atoms with van der Waals surface area (Å²) in [6.07, 6.45) is 5.76. The lowest BCUT2D eigenvalue weighted by Crippen LogP contribution is -2.43. The van der Waals surface area contributed by atoms with E-state index in [2.05, 4.69) is 4.72 Å². The van der Waals surface area contributed by atoms with E-state index in [1.165, 1.54) is 12.8 Å². The minimum atomic E-state index is -4.04. The molecule has 2 rings (SSSR count). The highest BCUT2D eigenvalue weighted by Gasteiger charge is 2.48. The van der Waals surface area contributed by atoms with Gasteiger partial charge in [-0.1, -0.05) is 0 Å². The molecule has 0 aromatic carbocycles. The lowest BCUT2D eigenvalue weighted by atomic mass is 9.78. The van der Waals surface area contributed by atoms with Crippen LogP contribution in [0.1, 0.15) is 39.0 Å². The highest BCUT2D eigenvalue weighted by Crippen LogP contribution is 2.55. The van der Waals surface area contributed by atoms with Gasteiger partial charge in [0.25, 0.3) is 0 Å². The van der Waals surface area contributed by atoms with Crippen LogP contribution < -0.4 is 4.72 Å². The van der Waals surface area contributed by atoms with E-state index >= 15 is 0 Å². The molecule has 2 bridgehead atoms. The second kappa shape index (κ2) is 3.18. The van der Waals surface area contributed by atoms with Gasteiger partial charge in [-0.25, -0.2) is 0 Å². The van der Waals surface area contributed by atoms with Crippen molar-refractivity contribution in [2.24, 2.45) is 11.3 Å². The van der Waals surface area contributed by atoms with Crippen molar-refractivity contribution in [1.29, 1.82) is 0 Å². The molecule has 1 atom stereocenters. The summed E-state index contributed by atoms with van der Waals surface area (Å²) in [5.41, 5.74) is 0.125. The van der Waals surface area contributed by atoms with Gasteiger partial charge in [-0.3, -0.25) is 4.55 Å². The minimum Gasteiger partial charge on any atom is -0.273 e. The fourth-order valence-electron chi connectivity index (χ4n) is 3.19. The van der Waals surface area contributed by atoms with E-state index < -0.39 is 10.3 Å². The van der Waals surface area contributed by atoms with Crippen molar-refractivity contribution in [1.82, 2.24) is 4.72 Å². The summed E-state index contributed by atoms with van der Waals surface area (Å²) in [5.74, 6) is 0.792. The van der Waals surface area contributed by atoms with E-state index in [4.69, 9.17) is 4.55 Å². The molecule has 0 aliphatic heterocycles. The van der Waals surface area contributed by atoms with Crippen molar-refractivity contribution >= 4 is 10.3 Å². The molecule has 2 aliphatic carbocycles. The number of nitrogens with one attached hydrogen (secondary N) is 1. The molecular formula is C9H17NO3S. The third kappa shape index (κ3) is 1.81. The molecule has 82 valence electrons. The first-order valence-corrected chi connectivity index (χ1v) is 6.60. The van der Waals surface area contributed by atoms with Crippen LogP contribution in [-0.4, -0.2) is 19.0 Å². The number of fused-ring (bicyclic) bond motifs is 2. The number of rotatable bonds is 3. The van der Waals surface area contributed by atoms with Crippen molar-refractivity contribution < 1.29 is 13.0 Å². The monoisotopic (exact) mass is 219 g/mol. The van der Waals surface area contributed by atoms with Crippen molar-refractivity contribution in [2.45, 2.75) is 45.1 Å². The standard InChI is InChI=1S/C9H17NO3S/c1-7(10-14(11,12)13)9-4-2-8(6-9)3-5-9/h7-8,10H,2-6H2,1H3,(H,11,12,13). The van der Waals surface area contributed by atoms with Gasteiger partial charge in [-0.05, 0) is 50.4 Å². The normalized spacial score (nSPS) is 38.9. The fourth-order valence-corrected chi connectivity index (χ4v) is 3.89. The Bertz CT molecular complexity index is 317. The van der Waals surface area contributed by atoms with E-state index in [9.17, 15) is 8.42 Å². The Labute approximate surface area is 85.0 Å². The lowest BCUT2D eigenvalue weighted by Gasteiger charge is -2.33. The molecular weight excluding hydrogens is 202 g/mol. The van der Waals surface area contributed by atoms with Gasteiger partial charge in [0.1, 0.15) is 0 Å². The smallest absolute Gasteiger partial charge is 0.273 e. The zero-order valence-electron chi connectivity index (χ0n) is 8.36. The van der Waals surface area contributed by atoms with Crippen LogP contribution in [0.2, 0.25) is 0 Å². The summed E-state index contributed by atoms with van der Waals surface area (Å²) < 4.78 is 32.5. The summed E-state index contributed by atoms with van der Waals surface area (Å²) in [4.78, 5) is 0. The molecule has 0 heterocycles. The maximum absolute atomic E-state index is 10.7. The van der Waals surface area contributed by atoms with Gasteiger partial charge < -0.3 is 0 Å². The van der Waals surface area contributed by atoms with Crippen LogP contribution in [0.25, 0.3) is 0 Å². The predicted octanol–water partition coefficient (Wildman–Crippen LogP) is 1.35. The summed E-state index contributed by atoms with van der Waals surface area (Å²) in [7, 11) is -4.04. The first-order valence-electron chi connectivity index (χ1n) is 5.16. The molecule has 0 amide bonds. The van der Waals surface area contributed by atoms with Gasteiger partial charge in [0.05, 0.1) is 0 Å². The molecule has 2 aliphatic rings. The second-order valence-corrected chi connectivity index (χ2v) is 6.01. The zero-order valence-corrected chi connectivity index (χ0v) is 9.18. The fraction of sp³-hybridized carbons (Fsp3) is 1.00. The number of hydrogen-bond acceptors (Lipinski definition) is 2. The molecule has 0 aromatic rings. The minimum absolute atomic E-state index is 0.125. The zero-order chi connectivity index (χ0) is 10.4. The maximum atomic E-state index is 10.7. The highest BCUT2D eigenvalue weighted by molar-refractivity contribution is 7.83. The Morgan fingerprint density at radius 2 is 2.00 bits per heavy atom. The molecule has 2 fully saturated rings. The van der Waals surface area contributed by atoms with Gasteiger partial charge in [0.2, 0.25) is 0 Å². The lowest BCUT2D eigenvalue weighted by molar-refractivity contribution is 0.226. The summed E-state index contributed by atoms with van der Waals surface area (Å²) in [5, 5.41) is 0. The molecule has 2 saturated carbocycles. The first kappa shape index (κ1) is 10.4. The van der Waals surface area contributed by atoms with Crippen LogP contribution >= 0.6 is 0 Å². The summed E-state index contributed by atoms with van der Waals surface area (Å²) in [6, 6.07) is -0.134. The summed E-state index contributed by atoms with van der Waals surface area (Å²) >= 11 is 0. The first-order chi connectivity index (χ1) is 6.41. The quantitative estimate of drug-likeness (QED) is 0.704. The topological polar surface area (TPSA) is 66.4 Å². The Morgan fingerprint density at radius 1 is 1.43 bits per heavy atom. The highest BCUT2D eigenvalue weighted by atomic mass is 32.2. The molecule has 0 saturated heterocycles. The Hall–Kier alpha value is -0.130. The largest absolute Gasteiger partial charge is 0.333 e. The van der Waals surface area contributed by atoms with Crippen LogP contribution in [-0.2, 0) is 10.3 Å². The Kier molecular flexibility index (Phi) is 2.36. The molecule has 4 nitrogen and oxygen atoms in total. The Balaban J connectivity index is 2.07. The molecule has 14 heavy (non-hydrogen) atoms. The molecule has 2 N–H and O–H groups in total. The summed E-state index contributed by atoms with van der Waals surface area (Å²) in [6.45, 7) is 1.86. The van der Waals surface area contributed by atoms with Gasteiger partial charge in [0, 0.05) is 6.04 Å². The molecule has 0 spiro atoms. The predicted molar refractivity (Wildman–Crippen MR) is 53.2 cm³/mol. The average Bonchev–Trinajstić information content (AvgIpc) is 2.60. The second-order valence-electron chi connectivity index (χ2n) is 4.82. The third-order valence-corrected chi connectivity index (χ3v) is 4.69. The van der Waals surface area contributed by atoms with Gasteiger partial charge in [-0.15, -0.1) is 0 Å². The molecule has 5 heteroatoms. The maximum Gasteiger partial charge on any atom is 0.333 e.